The normalized spacial score (nSPS) is 10.6. The van der Waals surface area contributed by atoms with E-state index in [4.69, 9.17) is 11.3 Å². The number of sulfone groups is 1. The van der Waals surface area contributed by atoms with Gasteiger partial charge in [-0.25, -0.2) is 15.0 Å². The Hall–Kier alpha value is -1.54. The summed E-state index contributed by atoms with van der Waals surface area (Å²) in [4.78, 5) is 3.00. The first kappa shape index (κ1) is 10.5. The summed E-state index contributed by atoms with van der Waals surface area (Å²) in [6.07, 6.45) is 0. The molecule has 0 N–H and O–H groups in total. The topological polar surface area (TPSA) is 47.7 Å². The van der Waals surface area contributed by atoms with E-state index in [1.54, 1.807) is 12.1 Å². The summed E-state index contributed by atoms with van der Waals surface area (Å²) in [6, 6.07) is 5.96. The van der Waals surface area contributed by atoms with Crippen LogP contribution in [-0.2, 0) is 9.84 Å². The fraction of sp³-hybridized carbons (Fsp3) is 0.222. The van der Waals surface area contributed by atoms with Crippen LogP contribution in [0.2, 0.25) is 0 Å². The third-order valence-electron chi connectivity index (χ3n) is 1.65. The second kappa shape index (κ2) is 4.11. The molecule has 5 heteroatoms. The molecular formula is C9H9NO3S. The van der Waals surface area contributed by atoms with Gasteiger partial charge in [0.25, 0.3) is 9.84 Å². The standard InChI is InChI=1S/C9H9NO3S/c1-10-7-14(11,12)9-5-3-8(13-2)4-6-9/h3-6H,7H2,2H3. The average Bonchev–Trinajstić information content (AvgIpc) is 2.18. The Kier molecular flexibility index (Phi) is 3.10. The van der Waals surface area contributed by atoms with Crippen LogP contribution in [-0.4, -0.2) is 21.4 Å². The molecule has 0 radical (unpaired) electrons. The molecule has 4 nitrogen and oxygen atoms in total. The molecule has 74 valence electrons. The van der Waals surface area contributed by atoms with Crippen molar-refractivity contribution in [1.29, 1.82) is 0 Å². The van der Waals surface area contributed by atoms with Crippen LogP contribution < -0.4 is 4.74 Å². The highest BCUT2D eigenvalue weighted by Crippen LogP contribution is 2.16. The largest absolute Gasteiger partial charge is 0.497 e. The average molecular weight is 211 g/mol. The van der Waals surface area contributed by atoms with Gasteiger partial charge in [-0.3, -0.25) is 4.85 Å². The van der Waals surface area contributed by atoms with E-state index in [0.717, 1.165) is 0 Å². The maximum atomic E-state index is 11.4. The van der Waals surface area contributed by atoms with E-state index in [9.17, 15) is 8.42 Å². The highest BCUT2D eigenvalue weighted by molar-refractivity contribution is 7.91. The molecule has 0 aliphatic rings. The summed E-state index contributed by atoms with van der Waals surface area (Å²) >= 11 is 0. The Balaban J connectivity index is 3.05. The summed E-state index contributed by atoms with van der Waals surface area (Å²) in [5.41, 5.74) is 0. The number of hydrogen-bond acceptors (Lipinski definition) is 3. The lowest BCUT2D eigenvalue weighted by Gasteiger charge is -2.00. The van der Waals surface area contributed by atoms with Crippen LogP contribution in [0, 0.1) is 6.57 Å². The van der Waals surface area contributed by atoms with E-state index in [0.29, 0.717) is 5.75 Å². The van der Waals surface area contributed by atoms with E-state index < -0.39 is 15.7 Å². The molecule has 0 bridgehead atoms. The molecule has 0 spiro atoms. The second-order valence-corrected chi connectivity index (χ2v) is 4.54. The van der Waals surface area contributed by atoms with Crippen LogP contribution in [0.4, 0.5) is 0 Å². The third kappa shape index (κ3) is 2.24. The molecule has 0 aromatic heterocycles. The van der Waals surface area contributed by atoms with Crippen LogP contribution in [0.5, 0.6) is 5.75 Å². The maximum absolute atomic E-state index is 11.4. The summed E-state index contributed by atoms with van der Waals surface area (Å²) in [5.74, 6) is 0.0750. The van der Waals surface area contributed by atoms with Crippen LogP contribution in [0.3, 0.4) is 0 Å². The fourth-order valence-electron chi connectivity index (χ4n) is 0.943. The summed E-state index contributed by atoms with van der Waals surface area (Å²) in [7, 11) is -1.94. The van der Waals surface area contributed by atoms with Gasteiger partial charge >= 0.3 is 5.88 Å². The highest BCUT2D eigenvalue weighted by atomic mass is 32.2. The zero-order valence-electron chi connectivity index (χ0n) is 7.60. The van der Waals surface area contributed by atoms with Crippen molar-refractivity contribution in [3.8, 4) is 5.75 Å². The number of methoxy groups -OCH3 is 1. The molecule has 14 heavy (non-hydrogen) atoms. The van der Waals surface area contributed by atoms with E-state index in [1.165, 1.54) is 19.2 Å². The predicted molar refractivity (Wildman–Crippen MR) is 51.6 cm³/mol. The molecule has 0 aliphatic heterocycles. The molecule has 0 saturated heterocycles. The van der Waals surface area contributed by atoms with Crippen LogP contribution in [0.15, 0.2) is 29.2 Å². The van der Waals surface area contributed by atoms with Crippen molar-refractivity contribution in [1.82, 2.24) is 0 Å². The minimum absolute atomic E-state index is 0.148. The van der Waals surface area contributed by atoms with Gasteiger partial charge in [0, 0.05) is 0 Å². The molecule has 0 unspecified atom stereocenters. The Morgan fingerprint density at radius 1 is 1.36 bits per heavy atom. The van der Waals surface area contributed by atoms with Crippen LogP contribution >= 0.6 is 0 Å². The molecule has 0 fully saturated rings. The quantitative estimate of drug-likeness (QED) is 0.709. The van der Waals surface area contributed by atoms with Crippen molar-refractivity contribution in [3.63, 3.8) is 0 Å². The number of benzene rings is 1. The first-order valence-corrected chi connectivity index (χ1v) is 5.45. The van der Waals surface area contributed by atoms with Crippen molar-refractivity contribution >= 4 is 9.84 Å². The molecule has 0 atom stereocenters. The van der Waals surface area contributed by atoms with E-state index in [1.807, 2.05) is 0 Å². The molecule has 0 saturated carbocycles. The first-order chi connectivity index (χ1) is 6.60. The van der Waals surface area contributed by atoms with Crippen molar-refractivity contribution < 1.29 is 13.2 Å². The maximum Gasteiger partial charge on any atom is 0.316 e. The minimum Gasteiger partial charge on any atom is -0.497 e. The lowest BCUT2D eigenvalue weighted by molar-refractivity contribution is 0.414. The van der Waals surface area contributed by atoms with Gasteiger partial charge < -0.3 is 4.74 Å². The number of ether oxygens (including phenoxy) is 1. The first-order valence-electron chi connectivity index (χ1n) is 3.80. The molecule has 1 aromatic carbocycles. The zero-order valence-corrected chi connectivity index (χ0v) is 8.41. The predicted octanol–water partition coefficient (Wildman–Crippen LogP) is 1.35. The van der Waals surface area contributed by atoms with Gasteiger partial charge in [0.05, 0.1) is 12.0 Å². The van der Waals surface area contributed by atoms with Gasteiger partial charge in [-0.05, 0) is 24.3 Å². The van der Waals surface area contributed by atoms with Gasteiger partial charge in [0.15, 0.2) is 0 Å². The Morgan fingerprint density at radius 3 is 2.36 bits per heavy atom. The van der Waals surface area contributed by atoms with E-state index in [-0.39, 0.29) is 4.90 Å². The number of nitrogens with zero attached hydrogens (tertiary/aromatic N) is 1. The molecular weight excluding hydrogens is 202 g/mol. The molecule has 0 aliphatic carbocycles. The Morgan fingerprint density at radius 2 is 1.93 bits per heavy atom. The summed E-state index contributed by atoms with van der Waals surface area (Å²) in [6.45, 7) is 6.51. The van der Waals surface area contributed by atoms with Crippen LogP contribution in [0.1, 0.15) is 0 Å². The van der Waals surface area contributed by atoms with Gasteiger partial charge in [0.2, 0.25) is 0 Å². The van der Waals surface area contributed by atoms with Gasteiger partial charge in [-0.1, -0.05) is 0 Å². The summed E-state index contributed by atoms with van der Waals surface area (Å²) < 4.78 is 27.6. The SMILES string of the molecule is [C-]#[N+]CS(=O)(=O)c1ccc(OC)cc1. The number of rotatable bonds is 3. The second-order valence-electron chi connectivity index (χ2n) is 2.58. The van der Waals surface area contributed by atoms with E-state index >= 15 is 0 Å². The fourth-order valence-corrected chi connectivity index (χ4v) is 1.81. The van der Waals surface area contributed by atoms with Gasteiger partial charge in [-0.15, -0.1) is 0 Å². The van der Waals surface area contributed by atoms with Gasteiger partial charge in [-0.2, -0.15) is 0 Å². The molecule has 1 aromatic rings. The number of hydrogen-bond donors (Lipinski definition) is 0. The lowest BCUT2D eigenvalue weighted by atomic mass is 10.3. The van der Waals surface area contributed by atoms with Crippen molar-refractivity contribution in [2.75, 3.05) is 13.0 Å². The van der Waals surface area contributed by atoms with Crippen molar-refractivity contribution in [2.24, 2.45) is 0 Å². The lowest BCUT2D eigenvalue weighted by Crippen LogP contribution is -2.03. The smallest absolute Gasteiger partial charge is 0.316 e. The molecule has 1 rings (SSSR count). The Labute approximate surface area is 82.9 Å². The Bertz CT molecular complexity index is 442. The third-order valence-corrected chi connectivity index (χ3v) is 3.11. The van der Waals surface area contributed by atoms with Gasteiger partial charge in [0.1, 0.15) is 5.75 Å². The van der Waals surface area contributed by atoms with Crippen molar-refractivity contribution in [3.05, 3.63) is 35.7 Å². The monoisotopic (exact) mass is 211 g/mol. The van der Waals surface area contributed by atoms with Crippen LogP contribution in [0.25, 0.3) is 4.85 Å². The zero-order chi connectivity index (χ0) is 10.6. The van der Waals surface area contributed by atoms with Crippen molar-refractivity contribution in [2.45, 2.75) is 4.90 Å². The minimum atomic E-state index is -3.45. The highest BCUT2D eigenvalue weighted by Gasteiger charge is 2.16. The summed E-state index contributed by atoms with van der Waals surface area (Å²) in [5, 5.41) is 0. The molecule has 0 amide bonds. The van der Waals surface area contributed by atoms with E-state index in [2.05, 4.69) is 4.85 Å². The molecule has 0 heterocycles.